The lowest BCUT2D eigenvalue weighted by atomic mass is 10.4. The molecule has 9 heavy (non-hydrogen) atoms. The van der Waals surface area contributed by atoms with Crippen LogP contribution in [0.15, 0.2) is 0 Å². The molecule has 0 aliphatic heterocycles. The van der Waals surface area contributed by atoms with Crippen molar-refractivity contribution in [2.24, 2.45) is 0 Å². The van der Waals surface area contributed by atoms with Crippen molar-refractivity contribution in [1.29, 1.82) is 0 Å². The number of carbonyl (C=O) groups is 2. The molecule has 0 aromatic heterocycles. The van der Waals surface area contributed by atoms with E-state index in [1.54, 1.807) is 0 Å². The highest BCUT2D eigenvalue weighted by atomic mass is 79.9. The van der Waals surface area contributed by atoms with Crippen molar-refractivity contribution in [3.63, 3.8) is 0 Å². The van der Waals surface area contributed by atoms with Crippen molar-refractivity contribution in [2.75, 3.05) is 5.52 Å². The molecule has 52 valence electrons. The molecule has 4 nitrogen and oxygen atoms in total. The minimum Gasteiger partial charge on any atom is -0.481 e. The average Bonchev–Trinajstić information content (AvgIpc) is 1.63. The maximum absolute atomic E-state index is 10.2. The molecule has 0 aliphatic rings. The van der Waals surface area contributed by atoms with E-state index in [0.717, 1.165) is 0 Å². The molecule has 0 atom stereocenters. The first-order valence-electron chi connectivity index (χ1n) is 2.10. The number of alkyl halides is 1. The fourth-order valence-electron chi connectivity index (χ4n) is 0.235. The van der Waals surface area contributed by atoms with Gasteiger partial charge in [0.05, 0.1) is 0 Å². The van der Waals surface area contributed by atoms with Crippen molar-refractivity contribution in [3.05, 3.63) is 0 Å². The van der Waals surface area contributed by atoms with Crippen LogP contribution in [-0.4, -0.2) is 22.6 Å². The monoisotopic (exact) mass is 196 g/mol. The van der Waals surface area contributed by atoms with Crippen molar-refractivity contribution in [2.45, 2.75) is 6.42 Å². The van der Waals surface area contributed by atoms with Gasteiger partial charge in [0, 0.05) is 0 Å². The number of carboxylic acids is 1. The van der Waals surface area contributed by atoms with Crippen LogP contribution in [0, 0.1) is 0 Å². The summed E-state index contributed by atoms with van der Waals surface area (Å²) in [5.74, 6) is -1.92. The largest absolute Gasteiger partial charge is 0.481 e. The summed E-state index contributed by atoms with van der Waals surface area (Å²) in [6.07, 6.45) is -0.578. The molecule has 0 bridgehead atoms. The molecular formula is C4H5BrO4. The number of carbonyl (C=O) groups excluding carboxylic acids is 1. The van der Waals surface area contributed by atoms with Gasteiger partial charge < -0.3 is 9.84 Å². The Kier molecular flexibility index (Phi) is 4.04. The fourth-order valence-corrected chi connectivity index (χ4v) is 0.491. The molecule has 0 unspecified atom stereocenters. The summed E-state index contributed by atoms with van der Waals surface area (Å²) in [6.45, 7) is 0. The van der Waals surface area contributed by atoms with E-state index >= 15 is 0 Å². The van der Waals surface area contributed by atoms with Crippen LogP contribution < -0.4 is 0 Å². The van der Waals surface area contributed by atoms with Crippen molar-refractivity contribution in [3.8, 4) is 0 Å². The second-order valence-electron chi connectivity index (χ2n) is 1.20. The molecule has 0 fully saturated rings. The lowest BCUT2D eigenvalue weighted by molar-refractivity contribution is -0.149. The summed E-state index contributed by atoms with van der Waals surface area (Å²) in [6, 6.07) is 0. The Hall–Kier alpha value is -0.580. The molecule has 0 saturated carbocycles. The fraction of sp³-hybridized carbons (Fsp3) is 0.500. The summed E-state index contributed by atoms with van der Waals surface area (Å²) < 4.78 is 4.25. The van der Waals surface area contributed by atoms with Crippen molar-refractivity contribution < 1.29 is 19.4 Å². The number of carboxylic acid groups (broad SMARTS) is 1. The highest BCUT2D eigenvalue weighted by Gasteiger charge is 2.06. The van der Waals surface area contributed by atoms with Crippen LogP contribution in [0.5, 0.6) is 0 Å². The Morgan fingerprint density at radius 3 is 2.44 bits per heavy atom. The highest BCUT2D eigenvalue weighted by Crippen LogP contribution is 1.88. The van der Waals surface area contributed by atoms with Gasteiger partial charge in [-0.15, -0.1) is 0 Å². The second kappa shape index (κ2) is 4.31. The molecule has 0 amide bonds. The summed E-state index contributed by atoms with van der Waals surface area (Å²) >= 11 is 2.80. The van der Waals surface area contributed by atoms with E-state index in [1.165, 1.54) is 0 Å². The van der Waals surface area contributed by atoms with Gasteiger partial charge in [-0.25, -0.2) is 0 Å². The van der Waals surface area contributed by atoms with E-state index < -0.39 is 18.4 Å². The molecule has 0 saturated heterocycles. The molecule has 0 heterocycles. The first-order valence-corrected chi connectivity index (χ1v) is 3.22. The smallest absolute Gasteiger partial charge is 0.317 e. The van der Waals surface area contributed by atoms with Gasteiger partial charge in [0.2, 0.25) is 0 Å². The summed E-state index contributed by atoms with van der Waals surface area (Å²) in [4.78, 5) is 20.0. The van der Waals surface area contributed by atoms with E-state index in [0.29, 0.717) is 0 Å². The number of hydrogen-bond acceptors (Lipinski definition) is 3. The quantitative estimate of drug-likeness (QED) is 0.403. The maximum atomic E-state index is 10.2. The van der Waals surface area contributed by atoms with Gasteiger partial charge in [-0.3, -0.25) is 9.59 Å². The average molecular weight is 197 g/mol. The molecule has 0 spiro atoms. The van der Waals surface area contributed by atoms with Gasteiger partial charge in [0.25, 0.3) is 0 Å². The lowest BCUT2D eigenvalue weighted by Crippen LogP contribution is -2.08. The molecule has 0 aliphatic carbocycles. The van der Waals surface area contributed by atoms with Gasteiger partial charge in [-0.05, 0) is 15.9 Å². The van der Waals surface area contributed by atoms with E-state index in [-0.39, 0.29) is 5.52 Å². The van der Waals surface area contributed by atoms with E-state index in [1.807, 2.05) is 0 Å². The van der Waals surface area contributed by atoms with Gasteiger partial charge in [0.1, 0.15) is 11.9 Å². The normalized spacial score (nSPS) is 8.56. The van der Waals surface area contributed by atoms with Crippen LogP contribution in [0.2, 0.25) is 0 Å². The summed E-state index contributed by atoms with van der Waals surface area (Å²) in [7, 11) is 0. The Balaban J connectivity index is 3.39. The van der Waals surface area contributed by atoms with Gasteiger partial charge in [-0.2, -0.15) is 0 Å². The molecule has 0 aromatic carbocycles. The van der Waals surface area contributed by atoms with E-state index in [2.05, 4.69) is 20.7 Å². The number of halogens is 1. The predicted molar refractivity (Wildman–Crippen MR) is 32.1 cm³/mol. The number of ether oxygens (including phenoxy) is 1. The van der Waals surface area contributed by atoms with Crippen LogP contribution in [0.25, 0.3) is 0 Å². The van der Waals surface area contributed by atoms with Gasteiger partial charge in [0.15, 0.2) is 0 Å². The van der Waals surface area contributed by atoms with E-state index in [9.17, 15) is 9.59 Å². The topological polar surface area (TPSA) is 63.6 Å². The molecule has 0 radical (unpaired) electrons. The molecule has 0 rings (SSSR count). The standard InChI is InChI=1S/C4H5BrO4/c5-2-9-4(8)1-3(6)7/h1-2H2,(H,6,7). The third-order valence-electron chi connectivity index (χ3n) is 0.511. The number of hydrogen-bond donors (Lipinski definition) is 1. The Morgan fingerprint density at radius 1 is 1.56 bits per heavy atom. The highest BCUT2D eigenvalue weighted by molar-refractivity contribution is 9.09. The van der Waals surface area contributed by atoms with Crippen molar-refractivity contribution in [1.82, 2.24) is 0 Å². The molecule has 0 aromatic rings. The van der Waals surface area contributed by atoms with Crippen LogP contribution in [0.4, 0.5) is 0 Å². The first-order chi connectivity index (χ1) is 4.16. The third-order valence-corrected chi connectivity index (χ3v) is 0.740. The minimum atomic E-state index is -1.18. The zero-order valence-corrected chi connectivity index (χ0v) is 6.05. The van der Waals surface area contributed by atoms with Crippen molar-refractivity contribution >= 4 is 27.9 Å². The lowest BCUT2D eigenvalue weighted by Gasteiger charge is -1.94. The SMILES string of the molecule is O=C(O)CC(=O)OCBr. The Morgan fingerprint density at radius 2 is 2.11 bits per heavy atom. The summed E-state index contributed by atoms with van der Waals surface area (Å²) in [5, 5.41) is 7.99. The summed E-state index contributed by atoms with van der Waals surface area (Å²) in [5.41, 5.74) is 0.0408. The Labute approximate surface area is 59.9 Å². The molecular weight excluding hydrogens is 192 g/mol. The predicted octanol–water partition coefficient (Wildman–Crippen LogP) is 0.357. The van der Waals surface area contributed by atoms with Crippen LogP contribution in [-0.2, 0) is 14.3 Å². The minimum absolute atomic E-state index is 0.0408. The van der Waals surface area contributed by atoms with Crippen LogP contribution >= 0.6 is 15.9 Å². The molecule has 1 N–H and O–H groups in total. The number of rotatable bonds is 3. The zero-order valence-electron chi connectivity index (χ0n) is 4.46. The third kappa shape index (κ3) is 5.29. The van der Waals surface area contributed by atoms with Crippen LogP contribution in [0.1, 0.15) is 6.42 Å². The van der Waals surface area contributed by atoms with Crippen LogP contribution in [0.3, 0.4) is 0 Å². The first kappa shape index (κ1) is 8.42. The number of esters is 1. The van der Waals surface area contributed by atoms with E-state index in [4.69, 9.17) is 5.11 Å². The second-order valence-corrected chi connectivity index (χ2v) is 1.65. The molecule has 5 heteroatoms. The van der Waals surface area contributed by atoms with Gasteiger partial charge >= 0.3 is 11.9 Å². The van der Waals surface area contributed by atoms with Gasteiger partial charge in [-0.1, -0.05) is 0 Å². The Bertz CT molecular complexity index is 122. The number of aliphatic carboxylic acids is 1. The zero-order chi connectivity index (χ0) is 7.28. The maximum Gasteiger partial charge on any atom is 0.317 e.